The zero-order chi connectivity index (χ0) is 18.4. The van der Waals surface area contributed by atoms with Gasteiger partial charge in [0, 0.05) is 18.0 Å². The maximum absolute atomic E-state index is 12.6. The van der Waals surface area contributed by atoms with Crippen molar-refractivity contribution in [1.82, 2.24) is 10.2 Å². The van der Waals surface area contributed by atoms with Crippen LogP contribution in [0.5, 0.6) is 0 Å². The Kier molecular flexibility index (Phi) is 6.76. The quantitative estimate of drug-likeness (QED) is 0.825. The van der Waals surface area contributed by atoms with E-state index in [1.54, 1.807) is 16.7 Å². The number of carbonyl (C=O) groups excluding carboxylic acids is 2. The molecule has 6 heteroatoms. The molecule has 0 unspecified atom stereocenters. The minimum Gasteiger partial charge on any atom is -0.444 e. The predicted octanol–water partition coefficient (Wildman–Crippen LogP) is 3.81. The van der Waals surface area contributed by atoms with Crippen LogP contribution in [0.3, 0.4) is 0 Å². The summed E-state index contributed by atoms with van der Waals surface area (Å²) in [7, 11) is 0. The highest BCUT2D eigenvalue weighted by Gasteiger charge is 2.34. The van der Waals surface area contributed by atoms with Gasteiger partial charge in [-0.25, -0.2) is 4.79 Å². The number of hydrogen-bond donors (Lipinski definition) is 1. The molecule has 1 aliphatic heterocycles. The second-order valence-corrected chi connectivity index (χ2v) is 8.13. The number of amides is 2. The van der Waals surface area contributed by atoms with Crippen LogP contribution < -0.4 is 5.32 Å². The molecule has 1 saturated heterocycles. The molecule has 138 valence electrons. The smallest absolute Gasteiger partial charge is 0.410 e. The molecular weight excluding hydrogens is 336 g/mol. The first kappa shape index (κ1) is 19.6. The van der Waals surface area contributed by atoms with E-state index in [2.05, 4.69) is 5.32 Å². The SMILES string of the molecule is CSc1ccc(CNC(=O)[C@H]2CCCCN2C(=O)OC(C)(C)C)cc1. The van der Waals surface area contributed by atoms with Crippen LogP contribution in [0.2, 0.25) is 0 Å². The fourth-order valence-corrected chi connectivity index (χ4v) is 3.20. The molecule has 0 aromatic heterocycles. The number of carbonyl (C=O) groups is 2. The molecule has 0 saturated carbocycles. The van der Waals surface area contributed by atoms with Gasteiger partial charge in [-0.3, -0.25) is 9.69 Å². The van der Waals surface area contributed by atoms with Gasteiger partial charge in [0.25, 0.3) is 0 Å². The fourth-order valence-electron chi connectivity index (χ4n) is 2.79. The van der Waals surface area contributed by atoms with Gasteiger partial charge < -0.3 is 10.1 Å². The molecule has 25 heavy (non-hydrogen) atoms. The van der Waals surface area contributed by atoms with E-state index in [0.29, 0.717) is 19.5 Å². The normalized spacial score (nSPS) is 17.9. The molecule has 1 aromatic carbocycles. The maximum atomic E-state index is 12.6. The van der Waals surface area contributed by atoms with Gasteiger partial charge in [-0.2, -0.15) is 0 Å². The van der Waals surface area contributed by atoms with E-state index in [1.165, 1.54) is 4.90 Å². The Morgan fingerprint density at radius 3 is 2.52 bits per heavy atom. The third-order valence-electron chi connectivity index (χ3n) is 4.06. The monoisotopic (exact) mass is 364 g/mol. The Morgan fingerprint density at radius 1 is 1.24 bits per heavy atom. The number of piperidine rings is 1. The molecule has 1 N–H and O–H groups in total. The highest BCUT2D eigenvalue weighted by atomic mass is 32.2. The van der Waals surface area contributed by atoms with Gasteiger partial charge in [0.05, 0.1) is 0 Å². The van der Waals surface area contributed by atoms with Crippen molar-refractivity contribution in [3.8, 4) is 0 Å². The lowest BCUT2D eigenvalue weighted by molar-refractivity contribution is -0.127. The molecule has 0 aliphatic carbocycles. The summed E-state index contributed by atoms with van der Waals surface area (Å²) in [5.41, 5.74) is 0.486. The van der Waals surface area contributed by atoms with Gasteiger partial charge in [-0.15, -0.1) is 11.8 Å². The van der Waals surface area contributed by atoms with E-state index < -0.39 is 17.7 Å². The molecule has 1 aliphatic rings. The lowest BCUT2D eigenvalue weighted by Crippen LogP contribution is -2.52. The Balaban J connectivity index is 1.96. The van der Waals surface area contributed by atoms with E-state index >= 15 is 0 Å². The van der Waals surface area contributed by atoms with Crippen LogP contribution >= 0.6 is 11.8 Å². The van der Waals surface area contributed by atoms with Crippen LogP contribution in [-0.2, 0) is 16.1 Å². The van der Waals surface area contributed by atoms with Gasteiger partial charge in [-0.1, -0.05) is 12.1 Å². The average Bonchev–Trinajstić information content (AvgIpc) is 2.58. The topological polar surface area (TPSA) is 58.6 Å². The number of benzene rings is 1. The van der Waals surface area contributed by atoms with Crippen molar-refractivity contribution in [2.24, 2.45) is 0 Å². The lowest BCUT2D eigenvalue weighted by atomic mass is 10.0. The summed E-state index contributed by atoms with van der Waals surface area (Å²) in [6, 6.07) is 7.66. The molecule has 1 heterocycles. The minimum atomic E-state index is -0.561. The largest absolute Gasteiger partial charge is 0.444 e. The Hall–Kier alpha value is -1.69. The molecule has 2 rings (SSSR count). The Morgan fingerprint density at radius 2 is 1.92 bits per heavy atom. The minimum absolute atomic E-state index is 0.112. The van der Waals surface area contributed by atoms with Gasteiger partial charge >= 0.3 is 6.09 Å². The van der Waals surface area contributed by atoms with E-state index in [4.69, 9.17) is 4.74 Å². The molecular formula is C19H28N2O3S. The number of nitrogens with one attached hydrogen (secondary N) is 1. The first-order chi connectivity index (χ1) is 11.8. The molecule has 1 fully saturated rings. The van der Waals surface area contributed by atoms with Crippen LogP contribution in [0, 0.1) is 0 Å². The number of nitrogens with zero attached hydrogens (tertiary/aromatic N) is 1. The summed E-state index contributed by atoms with van der Waals surface area (Å²) in [4.78, 5) is 27.8. The summed E-state index contributed by atoms with van der Waals surface area (Å²) in [5, 5.41) is 2.96. The zero-order valence-corrected chi connectivity index (χ0v) is 16.3. The van der Waals surface area contributed by atoms with Crippen molar-refractivity contribution >= 4 is 23.8 Å². The zero-order valence-electron chi connectivity index (χ0n) is 15.5. The predicted molar refractivity (Wildman–Crippen MR) is 101 cm³/mol. The van der Waals surface area contributed by atoms with Gasteiger partial charge in [0.1, 0.15) is 11.6 Å². The average molecular weight is 365 g/mol. The van der Waals surface area contributed by atoms with Gasteiger partial charge in [0.2, 0.25) is 5.91 Å². The summed E-state index contributed by atoms with van der Waals surface area (Å²) in [5.74, 6) is -0.112. The second kappa shape index (κ2) is 8.61. The van der Waals surface area contributed by atoms with E-state index in [-0.39, 0.29) is 5.91 Å². The summed E-state index contributed by atoms with van der Waals surface area (Å²) in [6.07, 6.45) is 4.15. The van der Waals surface area contributed by atoms with Crippen LogP contribution in [0.1, 0.15) is 45.6 Å². The highest BCUT2D eigenvalue weighted by Crippen LogP contribution is 2.21. The maximum Gasteiger partial charge on any atom is 0.410 e. The van der Waals surface area contributed by atoms with Gasteiger partial charge in [-0.05, 0) is 64.0 Å². The van der Waals surface area contributed by atoms with Crippen molar-refractivity contribution in [3.63, 3.8) is 0 Å². The van der Waals surface area contributed by atoms with E-state index in [1.807, 2.05) is 51.3 Å². The lowest BCUT2D eigenvalue weighted by Gasteiger charge is -2.35. The van der Waals surface area contributed by atoms with Gasteiger partial charge in [0.15, 0.2) is 0 Å². The van der Waals surface area contributed by atoms with Crippen LogP contribution in [0.4, 0.5) is 4.79 Å². The Labute approximate surface area is 154 Å². The molecule has 0 radical (unpaired) electrons. The number of ether oxygens (including phenoxy) is 1. The Bertz CT molecular complexity index is 596. The number of rotatable bonds is 4. The van der Waals surface area contributed by atoms with Crippen molar-refractivity contribution < 1.29 is 14.3 Å². The van der Waals surface area contributed by atoms with Crippen molar-refractivity contribution in [2.75, 3.05) is 12.8 Å². The number of likely N-dealkylation sites (tertiary alicyclic amines) is 1. The second-order valence-electron chi connectivity index (χ2n) is 7.25. The molecule has 0 bridgehead atoms. The molecule has 1 atom stereocenters. The number of hydrogen-bond acceptors (Lipinski definition) is 4. The summed E-state index contributed by atoms with van der Waals surface area (Å²) >= 11 is 1.69. The van der Waals surface area contributed by atoms with Crippen LogP contribution in [-0.4, -0.2) is 41.3 Å². The van der Waals surface area contributed by atoms with Crippen molar-refractivity contribution in [2.45, 2.75) is 63.1 Å². The molecule has 5 nitrogen and oxygen atoms in total. The third-order valence-corrected chi connectivity index (χ3v) is 4.80. The summed E-state index contributed by atoms with van der Waals surface area (Å²) in [6.45, 7) is 6.54. The molecule has 0 spiro atoms. The van der Waals surface area contributed by atoms with E-state index in [9.17, 15) is 9.59 Å². The van der Waals surface area contributed by atoms with Crippen molar-refractivity contribution in [1.29, 1.82) is 0 Å². The first-order valence-electron chi connectivity index (χ1n) is 8.70. The molecule has 2 amide bonds. The third kappa shape index (κ3) is 5.96. The molecule has 1 aromatic rings. The summed E-state index contributed by atoms with van der Waals surface area (Å²) < 4.78 is 5.45. The highest BCUT2D eigenvalue weighted by molar-refractivity contribution is 7.98. The van der Waals surface area contributed by atoms with Crippen LogP contribution in [0.25, 0.3) is 0 Å². The first-order valence-corrected chi connectivity index (χ1v) is 9.93. The van der Waals surface area contributed by atoms with E-state index in [0.717, 1.165) is 18.4 Å². The standard InChI is InChI=1S/C19H28N2O3S/c1-19(2,3)24-18(23)21-12-6-5-7-16(21)17(22)20-13-14-8-10-15(25-4)11-9-14/h8-11,16H,5-7,12-13H2,1-4H3,(H,20,22)/t16-/m1/s1. The van der Waals surface area contributed by atoms with Crippen LogP contribution in [0.15, 0.2) is 29.2 Å². The van der Waals surface area contributed by atoms with Crippen molar-refractivity contribution in [3.05, 3.63) is 29.8 Å². The number of thioether (sulfide) groups is 1. The fraction of sp³-hybridized carbons (Fsp3) is 0.579.